The maximum absolute atomic E-state index is 12.3. The van der Waals surface area contributed by atoms with Crippen LogP contribution in [-0.4, -0.2) is 46.7 Å². The molecule has 1 fully saturated rings. The van der Waals surface area contributed by atoms with E-state index in [-0.39, 0.29) is 23.6 Å². The van der Waals surface area contributed by atoms with E-state index >= 15 is 0 Å². The summed E-state index contributed by atoms with van der Waals surface area (Å²) < 4.78 is 3.04. The number of rotatable bonds is 4. The van der Waals surface area contributed by atoms with Crippen LogP contribution in [0.15, 0.2) is 35.6 Å². The minimum absolute atomic E-state index is 0.00162. The highest BCUT2D eigenvalue weighted by Gasteiger charge is 2.26. The Hall–Kier alpha value is -3.30. The Balaban J connectivity index is 1.41. The number of hydrogen-bond donors (Lipinski definition) is 2. The fourth-order valence-electron chi connectivity index (χ4n) is 3.38. The first-order chi connectivity index (χ1) is 13.1. The van der Waals surface area contributed by atoms with Crippen molar-refractivity contribution < 1.29 is 4.79 Å². The Kier molecular flexibility index (Phi) is 4.53. The number of H-pyrrole nitrogens is 1. The summed E-state index contributed by atoms with van der Waals surface area (Å²) in [4.78, 5) is 28.4. The van der Waals surface area contributed by atoms with Crippen molar-refractivity contribution in [2.45, 2.75) is 44.7 Å². The molecule has 0 spiro atoms. The molecule has 10 heteroatoms. The normalized spacial score (nSPS) is 19.7. The first-order valence-corrected chi connectivity index (χ1v) is 8.88. The second kappa shape index (κ2) is 7.14. The van der Waals surface area contributed by atoms with Crippen molar-refractivity contribution in [1.29, 1.82) is 0 Å². The zero-order valence-electron chi connectivity index (χ0n) is 14.9. The maximum atomic E-state index is 12.3. The smallest absolute Gasteiger partial charge is 0.271 e. The van der Waals surface area contributed by atoms with Crippen LogP contribution < -0.4 is 10.9 Å². The van der Waals surface area contributed by atoms with Crippen molar-refractivity contribution >= 4 is 5.91 Å². The number of carbonyl (C=O) groups is 1. The number of hydrogen-bond acceptors (Lipinski definition) is 6. The van der Waals surface area contributed by atoms with Gasteiger partial charge >= 0.3 is 0 Å². The number of aryl methyl sites for hydroxylation is 1. The van der Waals surface area contributed by atoms with Crippen LogP contribution in [0.3, 0.4) is 0 Å². The lowest BCUT2D eigenvalue weighted by molar-refractivity contribution is 0.0916. The Bertz CT molecular complexity index is 983. The third-order valence-electron chi connectivity index (χ3n) is 4.78. The third-order valence-corrected chi connectivity index (χ3v) is 4.78. The van der Waals surface area contributed by atoms with Gasteiger partial charge in [-0.1, -0.05) is 0 Å². The molecule has 3 aromatic rings. The van der Waals surface area contributed by atoms with Crippen LogP contribution in [0, 0.1) is 6.92 Å². The first kappa shape index (κ1) is 17.1. The van der Waals surface area contributed by atoms with Crippen molar-refractivity contribution in [3.05, 3.63) is 52.6 Å². The van der Waals surface area contributed by atoms with Crippen LogP contribution in [0.1, 0.15) is 47.9 Å². The molecule has 3 aromatic heterocycles. The zero-order chi connectivity index (χ0) is 18.8. The molecule has 3 heterocycles. The van der Waals surface area contributed by atoms with Crippen LogP contribution in [0.2, 0.25) is 0 Å². The summed E-state index contributed by atoms with van der Waals surface area (Å²) in [5, 5.41) is 18.3. The van der Waals surface area contributed by atoms with Crippen LogP contribution in [0.25, 0.3) is 5.82 Å². The molecule has 2 N–H and O–H groups in total. The Morgan fingerprint density at radius 3 is 2.74 bits per heavy atom. The second-order valence-electron chi connectivity index (χ2n) is 6.73. The summed E-state index contributed by atoms with van der Waals surface area (Å²) in [6.45, 7) is 1.85. The molecule has 4 rings (SSSR count). The highest BCUT2D eigenvalue weighted by atomic mass is 16.2. The lowest BCUT2D eigenvalue weighted by atomic mass is 9.91. The molecule has 1 amide bonds. The molecule has 0 radical (unpaired) electrons. The minimum atomic E-state index is -0.175. The number of nitrogens with zero attached hydrogens (tertiary/aromatic N) is 6. The fraction of sp³-hybridized carbons (Fsp3) is 0.412. The zero-order valence-corrected chi connectivity index (χ0v) is 14.9. The van der Waals surface area contributed by atoms with Gasteiger partial charge in [0.2, 0.25) is 0 Å². The third kappa shape index (κ3) is 3.64. The minimum Gasteiger partial charge on any atom is -0.348 e. The predicted octanol–water partition coefficient (Wildman–Crippen LogP) is 0.769. The van der Waals surface area contributed by atoms with Gasteiger partial charge in [0.25, 0.3) is 11.5 Å². The molecule has 0 bridgehead atoms. The van der Waals surface area contributed by atoms with Gasteiger partial charge < -0.3 is 5.32 Å². The van der Waals surface area contributed by atoms with E-state index in [2.05, 4.69) is 30.7 Å². The maximum Gasteiger partial charge on any atom is 0.271 e. The van der Waals surface area contributed by atoms with E-state index in [1.165, 1.54) is 21.8 Å². The molecule has 0 aromatic carbocycles. The molecule has 10 nitrogen and oxygen atoms in total. The van der Waals surface area contributed by atoms with E-state index < -0.39 is 0 Å². The molecule has 1 aliphatic carbocycles. The molecular formula is C17H20N8O2. The number of carbonyl (C=O) groups excluding carboxylic acids is 1. The Morgan fingerprint density at radius 1 is 1.26 bits per heavy atom. The van der Waals surface area contributed by atoms with Gasteiger partial charge in [0.15, 0.2) is 5.82 Å². The molecule has 0 unspecified atom stereocenters. The van der Waals surface area contributed by atoms with Crippen LogP contribution in [-0.2, 0) is 0 Å². The predicted molar refractivity (Wildman–Crippen MR) is 95.5 cm³/mol. The SMILES string of the molecule is Cc1cc(C(=O)NC2CCC(n3nc(-n4cncn4)ccc3=O)CC2)n[nH]1. The van der Waals surface area contributed by atoms with E-state index in [4.69, 9.17) is 0 Å². The van der Waals surface area contributed by atoms with Crippen molar-refractivity contribution in [2.75, 3.05) is 0 Å². The van der Waals surface area contributed by atoms with Crippen molar-refractivity contribution in [1.82, 2.24) is 40.1 Å². The average Bonchev–Trinajstić information content (AvgIpc) is 3.35. The van der Waals surface area contributed by atoms with Gasteiger partial charge in [-0.3, -0.25) is 14.7 Å². The largest absolute Gasteiger partial charge is 0.348 e. The van der Waals surface area contributed by atoms with Crippen LogP contribution in [0.4, 0.5) is 0 Å². The van der Waals surface area contributed by atoms with E-state index in [1.54, 1.807) is 18.5 Å². The highest BCUT2D eigenvalue weighted by Crippen LogP contribution is 2.27. The lowest BCUT2D eigenvalue weighted by Crippen LogP contribution is -2.39. The van der Waals surface area contributed by atoms with Gasteiger partial charge in [0.05, 0.1) is 6.04 Å². The van der Waals surface area contributed by atoms with E-state index in [1.807, 2.05) is 6.92 Å². The fourth-order valence-corrected chi connectivity index (χ4v) is 3.38. The van der Waals surface area contributed by atoms with Gasteiger partial charge in [-0.15, -0.1) is 5.10 Å². The summed E-state index contributed by atoms with van der Waals surface area (Å²) in [5.74, 6) is 0.377. The quantitative estimate of drug-likeness (QED) is 0.701. The van der Waals surface area contributed by atoms with Crippen molar-refractivity contribution in [3.63, 3.8) is 0 Å². The first-order valence-electron chi connectivity index (χ1n) is 8.88. The Morgan fingerprint density at radius 2 is 2.07 bits per heavy atom. The summed E-state index contributed by atoms with van der Waals surface area (Å²) in [7, 11) is 0. The van der Waals surface area contributed by atoms with Gasteiger partial charge in [0.1, 0.15) is 18.3 Å². The lowest BCUT2D eigenvalue weighted by Gasteiger charge is -2.29. The van der Waals surface area contributed by atoms with Crippen LogP contribution in [0.5, 0.6) is 0 Å². The van der Waals surface area contributed by atoms with Gasteiger partial charge in [0, 0.05) is 17.8 Å². The molecule has 0 saturated heterocycles. The van der Waals surface area contributed by atoms with Gasteiger partial charge in [-0.25, -0.2) is 14.3 Å². The summed E-state index contributed by atoms with van der Waals surface area (Å²) in [6.07, 6.45) is 6.05. The number of amides is 1. The van der Waals surface area contributed by atoms with Crippen molar-refractivity contribution in [2.24, 2.45) is 0 Å². The average molecular weight is 368 g/mol. The molecular weight excluding hydrogens is 348 g/mol. The van der Waals surface area contributed by atoms with Crippen molar-refractivity contribution in [3.8, 4) is 5.82 Å². The molecule has 0 aliphatic heterocycles. The summed E-state index contributed by atoms with van der Waals surface area (Å²) in [6, 6.07) is 4.92. The van der Waals surface area contributed by atoms with E-state index in [0.717, 1.165) is 31.4 Å². The monoisotopic (exact) mass is 368 g/mol. The summed E-state index contributed by atoms with van der Waals surface area (Å²) >= 11 is 0. The van der Waals surface area contributed by atoms with E-state index in [0.29, 0.717) is 11.5 Å². The molecule has 1 saturated carbocycles. The number of aromatic nitrogens is 7. The number of nitrogens with one attached hydrogen (secondary N) is 2. The molecule has 27 heavy (non-hydrogen) atoms. The molecule has 0 atom stereocenters. The van der Waals surface area contributed by atoms with Crippen LogP contribution >= 0.6 is 0 Å². The topological polar surface area (TPSA) is 123 Å². The highest BCUT2D eigenvalue weighted by molar-refractivity contribution is 5.92. The second-order valence-corrected chi connectivity index (χ2v) is 6.73. The molecule has 1 aliphatic rings. The standard InChI is InChI=1S/C17H20N8O2/c1-11-8-14(22-21-11)17(27)20-12-2-4-13(5-3-12)25-16(26)7-6-15(23-25)24-10-18-9-19-24/h6-10,12-13H,2-5H2,1H3,(H,20,27)(H,21,22). The number of aromatic amines is 1. The van der Waals surface area contributed by atoms with E-state index in [9.17, 15) is 9.59 Å². The van der Waals surface area contributed by atoms with Gasteiger partial charge in [-0.2, -0.15) is 10.2 Å². The molecule has 140 valence electrons. The summed E-state index contributed by atoms with van der Waals surface area (Å²) in [5.41, 5.74) is 1.10. The van der Waals surface area contributed by atoms with Gasteiger partial charge in [-0.05, 0) is 44.7 Å². The Labute approximate surface area is 154 Å².